The van der Waals surface area contributed by atoms with E-state index in [1.807, 2.05) is 0 Å². The smallest absolute Gasteiger partial charge is 0.213 e. The van der Waals surface area contributed by atoms with E-state index in [0.29, 0.717) is 23.7 Å². The first-order chi connectivity index (χ1) is 33.5. The van der Waals surface area contributed by atoms with E-state index in [1.165, 1.54) is 22.3 Å². The summed E-state index contributed by atoms with van der Waals surface area (Å²) in [4.78, 5) is 4.68. The summed E-state index contributed by atoms with van der Waals surface area (Å²) in [5.74, 6) is 1.78. The van der Waals surface area contributed by atoms with Crippen LogP contribution in [0.2, 0.25) is 0 Å². The fraction of sp³-hybridized carbons (Fsp3) is 0.188. The maximum Gasteiger partial charge on any atom is 0.213 e. The minimum absolute atomic E-state index is 0.445. The van der Waals surface area contributed by atoms with E-state index in [-0.39, 0.29) is 0 Å². The summed E-state index contributed by atoms with van der Waals surface area (Å²) >= 11 is 0. The summed E-state index contributed by atoms with van der Waals surface area (Å²) in [6, 6.07) is 64.7. The zero-order valence-electron chi connectivity index (χ0n) is 40.7. The Morgan fingerprint density at radius 1 is 0.348 bits per heavy atom. The second kappa shape index (κ2) is 16.5. The molecule has 5 heteroatoms. The van der Waals surface area contributed by atoms with Crippen molar-refractivity contribution in [2.75, 3.05) is 9.80 Å². The molecule has 0 atom stereocenters. The largest absolute Gasteiger partial charge is 0.454 e. The molecular formula is C64H57N3O2. The second-order valence-electron chi connectivity index (χ2n) is 20.2. The predicted octanol–water partition coefficient (Wildman–Crippen LogP) is 19.4. The van der Waals surface area contributed by atoms with E-state index < -0.39 is 0 Å². The zero-order chi connectivity index (χ0) is 47.2. The van der Waals surface area contributed by atoms with Crippen LogP contribution in [-0.2, 0) is 0 Å². The first-order valence-electron chi connectivity index (χ1n) is 24.7. The first-order valence-corrected chi connectivity index (χ1v) is 24.7. The summed E-state index contributed by atoms with van der Waals surface area (Å²) in [5.41, 5.74) is 19.5. The van der Waals surface area contributed by atoms with Crippen molar-refractivity contribution in [3.63, 3.8) is 0 Å². The van der Waals surface area contributed by atoms with Crippen LogP contribution in [0, 0.1) is 0 Å². The molecule has 8 aromatic carbocycles. The van der Waals surface area contributed by atoms with Crippen molar-refractivity contribution in [2.24, 2.45) is 0 Å². The van der Waals surface area contributed by atoms with Gasteiger partial charge in [0.25, 0.3) is 0 Å². The normalized spacial score (nSPS) is 12.3. The molecule has 0 aliphatic rings. The molecule has 0 amide bonds. The van der Waals surface area contributed by atoms with Gasteiger partial charge in [0.1, 0.15) is 16.7 Å². The van der Waals surface area contributed by atoms with E-state index >= 15 is 0 Å². The molecule has 0 unspecified atom stereocenters. The molecule has 4 heterocycles. The van der Waals surface area contributed by atoms with Crippen LogP contribution in [0.15, 0.2) is 185 Å². The molecule has 0 spiro atoms. The van der Waals surface area contributed by atoms with E-state index in [0.717, 1.165) is 106 Å². The van der Waals surface area contributed by atoms with Crippen molar-refractivity contribution >= 4 is 94.6 Å². The fourth-order valence-electron chi connectivity index (χ4n) is 10.5. The molecule has 0 radical (unpaired) electrons. The zero-order valence-corrected chi connectivity index (χ0v) is 40.7. The predicted molar refractivity (Wildman–Crippen MR) is 292 cm³/mol. The van der Waals surface area contributed by atoms with Gasteiger partial charge in [0.15, 0.2) is 5.58 Å². The molecule has 0 fully saturated rings. The van der Waals surface area contributed by atoms with Crippen molar-refractivity contribution < 1.29 is 8.83 Å². The standard InChI is InChI=1S/C64H57N3O2/c1-38(2)42-14-22-48(23-15-42)65(49-24-16-43(17-25-49)39(3)4)52-30-32-54-58(36-52)69-64-60(54)56-34-47(46-12-10-9-11-13-46)35-57-61(56)67(64)62-55-33-31-53(37-59(55)68-63(57)62)66(50-26-18-44(19-27-50)40(5)6)51-28-20-45(21-29-51)41(7)8/h9-41H,1-8H3. The third kappa shape index (κ3) is 7.05. The lowest BCUT2D eigenvalue weighted by molar-refractivity contribution is 0.651. The number of hydrogen-bond donors (Lipinski definition) is 0. The van der Waals surface area contributed by atoms with Gasteiger partial charge in [-0.15, -0.1) is 0 Å². The van der Waals surface area contributed by atoms with Crippen LogP contribution in [0.3, 0.4) is 0 Å². The van der Waals surface area contributed by atoms with Crippen molar-refractivity contribution in [2.45, 2.75) is 79.1 Å². The van der Waals surface area contributed by atoms with Gasteiger partial charge in [0.05, 0.1) is 10.9 Å². The maximum absolute atomic E-state index is 7.19. The fourth-order valence-corrected chi connectivity index (χ4v) is 10.5. The monoisotopic (exact) mass is 899 g/mol. The molecular weight excluding hydrogens is 843 g/mol. The highest BCUT2D eigenvalue weighted by atomic mass is 16.3. The number of fused-ring (bicyclic) bond motifs is 10. The Morgan fingerprint density at radius 3 is 1.20 bits per heavy atom. The number of rotatable bonds is 11. The Hall–Kier alpha value is -7.76. The third-order valence-electron chi connectivity index (χ3n) is 14.5. The summed E-state index contributed by atoms with van der Waals surface area (Å²) in [6.07, 6.45) is 0. The van der Waals surface area contributed by atoms with Crippen LogP contribution in [0.25, 0.3) is 71.6 Å². The Morgan fingerprint density at radius 2 is 0.754 bits per heavy atom. The van der Waals surface area contributed by atoms with E-state index in [2.05, 4.69) is 246 Å². The molecule has 0 aliphatic carbocycles. The number of furan rings is 2. The molecule has 0 saturated heterocycles. The summed E-state index contributed by atoms with van der Waals surface area (Å²) in [5, 5.41) is 5.45. The molecule has 12 rings (SSSR count). The summed E-state index contributed by atoms with van der Waals surface area (Å²) < 4.78 is 16.6. The SMILES string of the molecule is CC(C)c1ccc(N(c2ccc(C(C)C)cc2)c2ccc3c(c2)oc2c3c3cc(-c4ccccc4)cc4c5oc6cc(N(c7ccc(C(C)C)cc7)c7ccc(C(C)C)cc7)ccc6c5n2c43)cc1. The van der Waals surface area contributed by atoms with E-state index in [1.54, 1.807) is 0 Å². The maximum atomic E-state index is 7.19. The van der Waals surface area contributed by atoms with Crippen LogP contribution >= 0.6 is 0 Å². The minimum Gasteiger partial charge on any atom is -0.454 e. The third-order valence-corrected chi connectivity index (χ3v) is 14.5. The minimum atomic E-state index is 0.445. The van der Waals surface area contributed by atoms with Gasteiger partial charge in [0.2, 0.25) is 5.71 Å². The van der Waals surface area contributed by atoms with Gasteiger partial charge in [-0.25, -0.2) is 0 Å². The molecule has 5 nitrogen and oxygen atoms in total. The lowest BCUT2D eigenvalue weighted by atomic mass is 10.00. The number of nitrogens with zero attached hydrogens (tertiary/aromatic N) is 3. The topological polar surface area (TPSA) is 37.2 Å². The van der Waals surface area contributed by atoms with E-state index in [9.17, 15) is 0 Å². The average molecular weight is 900 g/mol. The average Bonchev–Trinajstić information content (AvgIpc) is 4.10. The molecule has 0 saturated carbocycles. The second-order valence-corrected chi connectivity index (χ2v) is 20.2. The Kier molecular flexibility index (Phi) is 10.2. The van der Waals surface area contributed by atoms with Crippen LogP contribution < -0.4 is 9.80 Å². The van der Waals surface area contributed by atoms with E-state index in [4.69, 9.17) is 8.83 Å². The van der Waals surface area contributed by atoms with Crippen LogP contribution in [-0.4, -0.2) is 4.40 Å². The first kappa shape index (κ1) is 42.6. The van der Waals surface area contributed by atoms with Crippen LogP contribution in [0.1, 0.15) is 101 Å². The van der Waals surface area contributed by atoms with Crippen molar-refractivity contribution in [1.82, 2.24) is 4.40 Å². The Balaban J connectivity index is 1.07. The van der Waals surface area contributed by atoms with Gasteiger partial charge in [-0.3, -0.25) is 4.40 Å². The highest BCUT2D eigenvalue weighted by molar-refractivity contribution is 6.30. The quantitative estimate of drug-likeness (QED) is 0.130. The number of benzene rings is 8. The summed E-state index contributed by atoms with van der Waals surface area (Å²) in [6.45, 7) is 17.9. The molecule has 12 aromatic rings. The molecule has 340 valence electrons. The van der Waals surface area contributed by atoms with Gasteiger partial charge in [-0.1, -0.05) is 134 Å². The van der Waals surface area contributed by atoms with Crippen molar-refractivity contribution in [3.05, 3.63) is 198 Å². The molecule has 0 bridgehead atoms. The van der Waals surface area contributed by atoms with Gasteiger partial charge in [0, 0.05) is 67.8 Å². The van der Waals surface area contributed by atoms with Crippen LogP contribution in [0.4, 0.5) is 34.1 Å². The van der Waals surface area contributed by atoms with Crippen molar-refractivity contribution in [1.29, 1.82) is 0 Å². The molecule has 0 N–H and O–H groups in total. The van der Waals surface area contributed by atoms with Crippen molar-refractivity contribution in [3.8, 4) is 11.1 Å². The van der Waals surface area contributed by atoms with Gasteiger partial charge >= 0.3 is 0 Å². The van der Waals surface area contributed by atoms with Gasteiger partial charge < -0.3 is 18.6 Å². The number of hydrogen-bond acceptors (Lipinski definition) is 4. The lowest BCUT2D eigenvalue weighted by Crippen LogP contribution is -2.10. The molecule has 69 heavy (non-hydrogen) atoms. The molecule has 0 aliphatic heterocycles. The summed E-state index contributed by atoms with van der Waals surface area (Å²) in [7, 11) is 0. The molecule has 4 aromatic heterocycles. The lowest BCUT2D eigenvalue weighted by Gasteiger charge is -2.26. The highest BCUT2D eigenvalue weighted by Crippen LogP contribution is 2.49. The highest BCUT2D eigenvalue weighted by Gasteiger charge is 2.28. The Labute approximate surface area is 404 Å². The van der Waals surface area contributed by atoms with Gasteiger partial charge in [-0.05, 0) is 142 Å². The number of aromatic nitrogens is 1. The van der Waals surface area contributed by atoms with Crippen LogP contribution in [0.5, 0.6) is 0 Å². The van der Waals surface area contributed by atoms with Gasteiger partial charge in [-0.2, -0.15) is 0 Å². The Bertz CT molecular complexity index is 3710. The number of anilines is 6.